The molecule has 0 saturated carbocycles. The first-order chi connectivity index (χ1) is 46.6. The van der Waals surface area contributed by atoms with Crippen LogP contribution in [-0.4, -0.2) is 87.4 Å². The Kier molecular flexibility index (Phi) is 75.2. The third-order valence-corrected chi connectivity index (χ3v) is 19.4. The fourth-order valence-corrected chi connectivity index (χ4v) is 13.0. The van der Waals surface area contributed by atoms with Crippen molar-refractivity contribution >= 4 is 17.9 Å². The number of quaternary nitrogens is 1. The van der Waals surface area contributed by atoms with Crippen LogP contribution in [0.3, 0.4) is 0 Å². The van der Waals surface area contributed by atoms with Crippen molar-refractivity contribution in [3.05, 3.63) is 36.5 Å². The van der Waals surface area contributed by atoms with Crippen molar-refractivity contribution in [3.63, 3.8) is 0 Å². The fraction of sp³-hybridized carbons (Fsp3) is 0.895. The Hall–Kier alpha value is -2.49. The SMILES string of the molecule is CCCCCCC/C=C\C/C=C\C/C=C\CCCCCCCCCCCCCCCCCCCCCCCCCCC(=O)OC(COC(=O)CCCCCCCCCCCCCCCCCCCCCCCCCCCCCCCCC)COC(OCC[N+](C)(C)C)C(=O)O. The highest BCUT2D eigenvalue weighted by molar-refractivity contribution is 5.71. The molecule has 0 aliphatic heterocycles. The quantitative estimate of drug-likeness (QED) is 0.0211. The third-order valence-electron chi connectivity index (χ3n) is 19.4. The van der Waals surface area contributed by atoms with Crippen molar-refractivity contribution in [1.29, 1.82) is 0 Å². The highest BCUT2D eigenvalue weighted by Gasteiger charge is 2.25. The molecule has 0 aromatic carbocycles. The summed E-state index contributed by atoms with van der Waals surface area (Å²) in [5.74, 6) is -1.97. The summed E-state index contributed by atoms with van der Waals surface area (Å²) in [6.07, 6.45) is 97.5. The zero-order chi connectivity index (χ0) is 69.0. The van der Waals surface area contributed by atoms with Crippen LogP contribution in [0.25, 0.3) is 0 Å². The van der Waals surface area contributed by atoms with Gasteiger partial charge in [-0.3, -0.25) is 9.59 Å². The van der Waals surface area contributed by atoms with Crippen LogP contribution in [0, 0.1) is 0 Å². The van der Waals surface area contributed by atoms with Crippen LogP contribution in [0.2, 0.25) is 0 Å². The zero-order valence-corrected chi connectivity index (χ0v) is 64.4. The van der Waals surface area contributed by atoms with Gasteiger partial charge in [-0.25, -0.2) is 4.79 Å². The topological polar surface area (TPSA) is 108 Å². The fourth-order valence-electron chi connectivity index (χ4n) is 13.0. The summed E-state index contributed by atoms with van der Waals surface area (Å²) in [5.41, 5.74) is 0. The number of carboxylic acids is 1. The van der Waals surface area contributed by atoms with Crippen molar-refractivity contribution in [2.24, 2.45) is 0 Å². The van der Waals surface area contributed by atoms with Gasteiger partial charge in [0.1, 0.15) is 13.2 Å². The van der Waals surface area contributed by atoms with Crippen LogP contribution in [0.15, 0.2) is 36.5 Å². The maximum Gasteiger partial charge on any atom is 0.361 e. The minimum atomic E-state index is -1.51. The Morgan fingerprint density at radius 3 is 0.842 bits per heavy atom. The molecule has 0 aromatic heterocycles. The highest BCUT2D eigenvalue weighted by Crippen LogP contribution is 2.21. The lowest BCUT2D eigenvalue weighted by atomic mass is 10.0. The maximum atomic E-state index is 13.0. The Labute approximate surface area is 591 Å². The molecule has 0 spiro atoms. The lowest BCUT2D eigenvalue weighted by Gasteiger charge is -2.25. The number of esters is 2. The zero-order valence-electron chi connectivity index (χ0n) is 64.4. The van der Waals surface area contributed by atoms with Gasteiger partial charge >= 0.3 is 17.9 Å². The molecule has 0 aliphatic rings. The van der Waals surface area contributed by atoms with Gasteiger partial charge in [-0.05, 0) is 51.4 Å². The van der Waals surface area contributed by atoms with Crippen LogP contribution >= 0.6 is 0 Å². The molecular formula is C86H164NO8+. The molecule has 0 heterocycles. The van der Waals surface area contributed by atoms with Gasteiger partial charge in [-0.2, -0.15) is 0 Å². The Balaban J connectivity index is 3.93. The van der Waals surface area contributed by atoms with Gasteiger partial charge in [0, 0.05) is 12.8 Å². The molecule has 0 radical (unpaired) electrons. The Bertz CT molecular complexity index is 1650. The van der Waals surface area contributed by atoms with E-state index in [4.69, 9.17) is 18.9 Å². The molecule has 0 aliphatic carbocycles. The number of hydrogen-bond donors (Lipinski definition) is 1. The number of allylic oxidation sites excluding steroid dienone is 6. The predicted octanol–water partition coefficient (Wildman–Crippen LogP) is 27.0. The number of ether oxygens (including phenoxy) is 4. The maximum absolute atomic E-state index is 13.0. The second-order valence-corrected chi connectivity index (χ2v) is 30.2. The second-order valence-electron chi connectivity index (χ2n) is 30.2. The van der Waals surface area contributed by atoms with E-state index in [0.29, 0.717) is 17.4 Å². The number of aliphatic carboxylic acids is 1. The summed E-state index contributed by atoms with van der Waals surface area (Å²) in [6, 6.07) is 0. The van der Waals surface area contributed by atoms with E-state index in [1.807, 2.05) is 21.1 Å². The lowest BCUT2D eigenvalue weighted by Crippen LogP contribution is -2.40. The molecule has 0 saturated heterocycles. The van der Waals surface area contributed by atoms with Crippen molar-refractivity contribution in [1.82, 2.24) is 0 Å². The average molecular weight is 1340 g/mol. The predicted molar refractivity (Wildman–Crippen MR) is 411 cm³/mol. The molecule has 9 heteroatoms. The third kappa shape index (κ3) is 78.7. The summed E-state index contributed by atoms with van der Waals surface area (Å²) in [6.45, 7) is 4.96. The largest absolute Gasteiger partial charge is 0.477 e. The molecular weight excluding hydrogens is 1170 g/mol. The molecule has 2 unspecified atom stereocenters. The summed E-state index contributed by atoms with van der Waals surface area (Å²) in [5, 5.41) is 9.78. The van der Waals surface area contributed by atoms with E-state index in [2.05, 4.69) is 50.3 Å². The van der Waals surface area contributed by atoms with E-state index < -0.39 is 18.4 Å². The standard InChI is InChI=1S/C86H163NO8/c1-6-8-10-12-14-16-18-20-22-24-26-28-30-32-34-36-38-39-40-41-42-43-44-45-47-49-51-53-55-57-59-61-63-65-67-69-71-73-75-77-84(89)95-82(81-94-86(85(90)91)92-79-78-87(3,4)5)80-93-83(88)76-74-72-70-68-66-64-62-60-58-56-54-52-50-48-46-37-35-33-31-29-27-25-23-21-19-17-15-13-11-9-7-2/h18,20,24,26,30,32,82,86H,6-17,19,21-23,25,27-29,31,33-81H2,1-5H3/p+1/b20-18-,26-24-,32-30-. The molecule has 2 atom stereocenters. The van der Waals surface area contributed by atoms with Gasteiger partial charge in [0.2, 0.25) is 0 Å². The smallest absolute Gasteiger partial charge is 0.361 e. The molecule has 1 N–H and O–H groups in total. The number of rotatable bonds is 80. The molecule has 0 rings (SSSR count). The summed E-state index contributed by atoms with van der Waals surface area (Å²) in [4.78, 5) is 37.8. The van der Waals surface area contributed by atoms with Gasteiger partial charge < -0.3 is 28.5 Å². The molecule has 0 bridgehead atoms. The number of likely N-dealkylation sites (N-methyl/N-ethyl adjacent to an activating group) is 1. The number of carbonyl (C=O) groups is 3. The van der Waals surface area contributed by atoms with Crippen LogP contribution in [-0.2, 0) is 33.3 Å². The number of carboxylic acid groups (broad SMARTS) is 1. The lowest BCUT2D eigenvalue weighted by molar-refractivity contribution is -0.870. The van der Waals surface area contributed by atoms with E-state index >= 15 is 0 Å². The summed E-state index contributed by atoms with van der Waals surface area (Å²) >= 11 is 0. The molecule has 95 heavy (non-hydrogen) atoms. The molecule has 560 valence electrons. The van der Waals surface area contributed by atoms with Crippen LogP contribution in [0.4, 0.5) is 0 Å². The normalized spacial score (nSPS) is 12.7. The van der Waals surface area contributed by atoms with Crippen LogP contribution in [0.5, 0.6) is 0 Å². The minimum absolute atomic E-state index is 0.174. The van der Waals surface area contributed by atoms with Crippen molar-refractivity contribution in [3.8, 4) is 0 Å². The van der Waals surface area contributed by atoms with E-state index in [9.17, 15) is 19.5 Å². The number of hydrogen-bond acceptors (Lipinski definition) is 7. The van der Waals surface area contributed by atoms with Gasteiger partial charge in [0.15, 0.2) is 6.10 Å². The van der Waals surface area contributed by atoms with Gasteiger partial charge in [-0.1, -0.05) is 410 Å². The van der Waals surface area contributed by atoms with E-state index in [1.165, 1.54) is 360 Å². The Morgan fingerprint density at radius 2 is 0.568 bits per heavy atom. The molecule has 0 aromatic rings. The minimum Gasteiger partial charge on any atom is -0.477 e. The average Bonchev–Trinajstić information content (AvgIpc) is 2.92. The number of carbonyl (C=O) groups excluding carboxylic acids is 2. The monoisotopic (exact) mass is 1340 g/mol. The summed E-state index contributed by atoms with van der Waals surface area (Å²) in [7, 11) is 6.00. The van der Waals surface area contributed by atoms with Crippen molar-refractivity contribution < 1.29 is 42.9 Å². The first kappa shape index (κ1) is 92.5. The second kappa shape index (κ2) is 77.3. The van der Waals surface area contributed by atoms with Crippen molar-refractivity contribution in [2.75, 3.05) is 47.5 Å². The van der Waals surface area contributed by atoms with Gasteiger partial charge in [-0.15, -0.1) is 0 Å². The number of nitrogens with zero attached hydrogens (tertiary/aromatic N) is 1. The Morgan fingerprint density at radius 1 is 0.316 bits per heavy atom. The van der Waals surface area contributed by atoms with Crippen LogP contribution in [0.1, 0.15) is 438 Å². The highest BCUT2D eigenvalue weighted by atomic mass is 16.7. The van der Waals surface area contributed by atoms with E-state index in [1.54, 1.807) is 0 Å². The molecule has 9 nitrogen and oxygen atoms in total. The molecule has 0 fully saturated rings. The summed E-state index contributed by atoms with van der Waals surface area (Å²) < 4.78 is 23.1. The van der Waals surface area contributed by atoms with Crippen molar-refractivity contribution in [2.45, 2.75) is 450 Å². The first-order valence-corrected chi connectivity index (χ1v) is 42.2. The van der Waals surface area contributed by atoms with E-state index in [0.717, 1.165) is 51.4 Å². The van der Waals surface area contributed by atoms with Crippen LogP contribution < -0.4 is 0 Å². The molecule has 0 amide bonds. The van der Waals surface area contributed by atoms with Gasteiger partial charge in [0.05, 0.1) is 34.4 Å². The number of unbranched alkanes of at least 4 members (excludes halogenated alkanes) is 59. The van der Waals surface area contributed by atoms with E-state index in [-0.39, 0.29) is 38.2 Å². The first-order valence-electron chi connectivity index (χ1n) is 42.2. The van der Waals surface area contributed by atoms with Gasteiger partial charge in [0.25, 0.3) is 6.29 Å².